The second-order valence-electron chi connectivity index (χ2n) is 7.95. The van der Waals surface area contributed by atoms with Gasteiger partial charge in [0.2, 0.25) is 5.91 Å². The first kappa shape index (κ1) is 19.3. The van der Waals surface area contributed by atoms with E-state index in [1.54, 1.807) is 0 Å². The molecule has 0 aliphatic carbocycles. The molecule has 0 aromatic heterocycles. The third-order valence-corrected chi connectivity index (χ3v) is 5.78. The van der Waals surface area contributed by atoms with Crippen LogP contribution in [0.15, 0.2) is 91.0 Å². The summed E-state index contributed by atoms with van der Waals surface area (Å²) in [7, 11) is 0. The number of benzene rings is 4. The molecule has 1 aliphatic rings. The van der Waals surface area contributed by atoms with Crippen molar-refractivity contribution in [2.24, 2.45) is 0 Å². The Bertz CT molecular complexity index is 1210. The van der Waals surface area contributed by atoms with Crippen LogP contribution in [0.1, 0.15) is 5.56 Å². The Hall–Kier alpha value is -3.63. The third kappa shape index (κ3) is 4.30. The third-order valence-electron chi connectivity index (χ3n) is 5.78. The zero-order chi connectivity index (χ0) is 21.0. The summed E-state index contributed by atoms with van der Waals surface area (Å²) in [5.74, 6) is 0.0130. The lowest BCUT2D eigenvalue weighted by atomic mass is 10.0. The Morgan fingerprint density at radius 1 is 0.871 bits per heavy atom. The fourth-order valence-electron chi connectivity index (χ4n) is 4.24. The minimum atomic E-state index is 0.0130. The first-order chi connectivity index (χ1) is 15.3. The number of rotatable bonds is 4. The molecule has 154 valence electrons. The largest absolute Gasteiger partial charge is 0.383 e. The molecule has 4 aromatic rings. The molecular weight excluding hydrogens is 382 g/mol. The summed E-state index contributed by atoms with van der Waals surface area (Å²) in [6.07, 6.45) is 0. The van der Waals surface area contributed by atoms with Gasteiger partial charge < -0.3 is 10.6 Å². The highest BCUT2D eigenvalue weighted by Crippen LogP contribution is 2.28. The quantitative estimate of drug-likeness (QED) is 0.478. The highest BCUT2D eigenvalue weighted by molar-refractivity contribution is 6.02. The maximum atomic E-state index is 12.9. The van der Waals surface area contributed by atoms with Gasteiger partial charge >= 0.3 is 0 Å². The maximum absolute atomic E-state index is 12.9. The number of amides is 1. The Morgan fingerprint density at radius 2 is 1.68 bits per heavy atom. The molecule has 4 aromatic carbocycles. The molecule has 2 N–H and O–H groups in total. The van der Waals surface area contributed by atoms with E-state index in [1.165, 1.54) is 16.7 Å². The normalized spacial score (nSPS) is 13.8. The Labute approximate surface area is 182 Å². The first-order valence-electron chi connectivity index (χ1n) is 10.7. The molecule has 1 heterocycles. The van der Waals surface area contributed by atoms with E-state index in [0.717, 1.165) is 41.8 Å². The molecule has 4 heteroatoms. The Kier molecular flexibility index (Phi) is 5.38. The van der Waals surface area contributed by atoms with Gasteiger partial charge in [0.25, 0.3) is 0 Å². The van der Waals surface area contributed by atoms with Gasteiger partial charge in [-0.1, -0.05) is 72.8 Å². The lowest BCUT2D eigenvalue weighted by Crippen LogP contribution is -2.34. The van der Waals surface area contributed by atoms with Crippen molar-refractivity contribution in [2.75, 3.05) is 30.3 Å². The highest BCUT2D eigenvalue weighted by atomic mass is 16.2. The van der Waals surface area contributed by atoms with Crippen molar-refractivity contribution in [3.05, 3.63) is 96.6 Å². The molecule has 31 heavy (non-hydrogen) atoms. The maximum Gasteiger partial charge on any atom is 0.238 e. The fraction of sp³-hybridized carbons (Fsp3) is 0.148. The molecule has 0 unspecified atom stereocenters. The average Bonchev–Trinajstić information content (AvgIpc) is 3.01. The highest BCUT2D eigenvalue weighted by Gasteiger charge is 2.18. The smallest absolute Gasteiger partial charge is 0.238 e. The number of carbonyl (C=O) groups is 1. The molecule has 4 nitrogen and oxygen atoms in total. The number of nitrogens with zero attached hydrogens (tertiary/aromatic N) is 1. The van der Waals surface area contributed by atoms with Crippen molar-refractivity contribution in [3.8, 4) is 11.1 Å². The van der Waals surface area contributed by atoms with Crippen LogP contribution in [0, 0.1) is 0 Å². The zero-order valence-electron chi connectivity index (χ0n) is 17.3. The molecule has 0 saturated carbocycles. The predicted molar refractivity (Wildman–Crippen MR) is 128 cm³/mol. The Morgan fingerprint density at radius 3 is 2.58 bits per heavy atom. The van der Waals surface area contributed by atoms with Crippen LogP contribution >= 0.6 is 0 Å². The van der Waals surface area contributed by atoms with Crippen molar-refractivity contribution in [1.82, 2.24) is 4.90 Å². The van der Waals surface area contributed by atoms with E-state index in [-0.39, 0.29) is 5.91 Å². The lowest BCUT2D eigenvalue weighted by molar-refractivity contribution is -0.117. The van der Waals surface area contributed by atoms with E-state index in [2.05, 4.69) is 70.1 Å². The van der Waals surface area contributed by atoms with Gasteiger partial charge in [-0.15, -0.1) is 0 Å². The van der Waals surface area contributed by atoms with Crippen molar-refractivity contribution in [1.29, 1.82) is 0 Å². The Balaban J connectivity index is 1.32. The standard InChI is InChI=1S/C27H25N3O/c31-27(29-26-12-6-10-21-9-4-5-11-24(21)26)19-30-16-15-28-25-14-13-22(17-23(25)18-30)20-7-2-1-3-8-20/h1-14,17,28H,15-16,18-19H2,(H,29,31). The van der Waals surface area contributed by atoms with E-state index in [1.807, 2.05) is 36.4 Å². The number of carbonyl (C=O) groups excluding carboxylic acids is 1. The molecule has 0 spiro atoms. The summed E-state index contributed by atoms with van der Waals surface area (Å²) in [6.45, 7) is 2.74. The van der Waals surface area contributed by atoms with Crippen molar-refractivity contribution in [2.45, 2.75) is 6.54 Å². The molecule has 0 saturated heterocycles. The topological polar surface area (TPSA) is 44.4 Å². The van der Waals surface area contributed by atoms with Gasteiger partial charge in [0.05, 0.1) is 6.54 Å². The van der Waals surface area contributed by atoms with Gasteiger partial charge in [-0.25, -0.2) is 0 Å². The molecule has 0 fully saturated rings. The van der Waals surface area contributed by atoms with Crippen LogP contribution in [0.3, 0.4) is 0 Å². The monoisotopic (exact) mass is 407 g/mol. The number of hydrogen-bond acceptors (Lipinski definition) is 3. The van der Waals surface area contributed by atoms with Gasteiger partial charge in [0, 0.05) is 36.4 Å². The van der Waals surface area contributed by atoms with E-state index in [9.17, 15) is 4.79 Å². The van der Waals surface area contributed by atoms with E-state index >= 15 is 0 Å². The van der Waals surface area contributed by atoms with Gasteiger partial charge in [-0.05, 0) is 40.3 Å². The predicted octanol–water partition coefficient (Wildman–Crippen LogP) is 5.37. The van der Waals surface area contributed by atoms with Crippen LogP contribution in [0.4, 0.5) is 11.4 Å². The van der Waals surface area contributed by atoms with Crippen LogP contribution in [0.5, 0.6) is 0 Å². The minimum Gasteiger partial charge on any atom is -0.383 e. The van der Waals surface area contributed by atoms with Gasteiger partial charge in [-0.2, -0.15) is 0 Å². The van der Waals surface area contributed by atoms with Crippen molar-refractivity contribution < 1.29 is 4.79 Å². The number of hydrogen-bond donors (Lipinski definition) is 2. The van der Waals surface area contributed by atoms with Gasteiger partial charge in [0.1, 0.15) is 0 Å². The molecular formula is C27H25N3O. The first-order valence-corrected chi connectivity index (χ1v) is 10.7. The van der Waals surface area contributed by atoms with Crippen molar-refractivity contribution >= 4 is 28.1 Å². The number of anilines is 2. The average molecular weight is 408 g/mol. The molecule has 1 amide bonds. The SMILES string of the molecule is O=C(CN1CCNc2ccc(-c3ccccc3)cc2C1)Nc1cccc2ccccc12. The van der Waals surface area contributed by atoms with Crippen LogP contribution in [-0.2, 0) is 11.3 Å². The second kappa shape index (κ2) is 8.62. The van der Waals surface area contributed by atoms with Crippen LogP contribution < -0.4 is 10.6 Å². The zero-order valence-corrected chi connectivity index (χ0v) is 17.3. The summed E-state index contributed by atoms with van der Waals surface area (Å²) >= 11 is 0. The molecule has 0 bridgehead atoms. The van der Waals surface area contributed by atoms with E-state index in [0.29, 0.717) is 6.54 Å². The lowest BCUT2D eigenvalue weighted by Gasteiger charge is -2.20. The molecule has 0 radical (unpaired) electrons. The number of nitrogens with one attached hydrogen (secondary N) is 2. The summed E-state index contributed by atoms with van der Waals surface area (Å²) in [6, 6.07) is 31.1. The molecule has 0 atom stereocenters. The van der Waals surface area contributed by atoms with Crippen LogP contribution in [-0.4, -0.2) is 30.4 Å². The number of fused-ring (bicyclic) bond motifs is 2. The van der Waals surface area contributed by atoms with Crippen molar-refractivity contribution in [3.63, 3.8) is 0 Å². The van der Waals surface area contributed by atoms with Crippen LogP contribution in [0.2, 0.25) is 0 Å². The van der Waals surface area contributed by atoms with Crippen LogP contribution in [0.25, 0.3) is 21.9 Å². The fourth-order valence-corrected chi connectivity index (χ4v) is 4.24. The summed E-state index contributed by atoms with van der Waals surface area (Å²) < 4.78 is 0. The molecule has 1 aliphatic heterocycles. The van der Waals surface area contributed by atoms with E-state index in [4.69, 9.17) is 0 Å². The van der Waals surface area contributed by atoms with Gasteiger partial charge in [0.15, 0.2) is 0 Å². The summed E-state index contributed by atoms with van der Waals surface area (Å²) in [5, 5.41) is 8.81. The summed E-state index contributed by atoms with van der Waals surface area (Å²) in [5.41, 5.74) is 5.63. The summed E-state index contributed by atoms with van der Waals surface area (Å²) in [4.78, 5) is 15.1. The minimum absolute atomic E-state index is 0.0130. The van der Waals surface area contributed by atoms with Gasteiger partial charge in [-0.3, -0.25) is 9.69 Å². The second-order valence-corrected chi connectivity index (χ2v) is 7.95. The van der Waals surface area contributed by atoms with E-state index < -0.39 is 0 Å². The molecule has 5 rings (SSSR count).